The first kappa shape index (κ1) is 11.7. The van der Waals surface area contributed by atoms with Gasteiger partial charge in [0.25, 0.3) is 0 Å². The Morgan fingerprint density at radius 2 is 1.73 bits per heavy atom. The van der Waals surface area contributed by atoms with Gasteiger partial charge < -0.3 is 11.5 Å². The Morgan fingerprint density at radius 3 is 2.07 bits per heavy atom. The minimum absolute atomic E-state index is 0.264. The quantitative estimate of drug-likeness (QED) is 0.778. The normalized spacial score (nSPS) is 12.5. The number of nitrogens with two attached hydrogens (primary N) is 2. The Kier molecular flexibility index (Phi) is 3.48. The third-order valence-corrected chi connectivity index (χ3v) is 2.67. The van der Waals surface area contributed by atoms with Crippen molar-refractivity contribution in [2.24, 2.45) is 11.5 Å². The molecule has 82 valence electrons. The van der Waals surface area contributed by atoms with Gasteiger partial charge in [-0.2, -0.15) is 0 Å². The monoisotopic (exact) mass is 206 g/mol. The molecule has 0 aromatic heterocycles. The topological polar surface area (TPSA) is 69.1 Å². The zero-order valence-corrected chi connectivity index (χ0v) is 9.50. The molecule has 1 atom stereocenters. The first-order chi connectivity index (χ1) is 6.97. The summed E-state index contributed by atoms with van der Waals surface area (Å²) in [5.74, 6) is -0.724. The van der Waals surface area contributed by atoms with Crippen LogP contribution in [0.3, 0.4) is 0 Å². The molecule has 3 nitrogen and oxygen atoms in total. The number of rotatable bonds is 3. The fourth-order valence-electron chi connectivity index (χ4n) is 2.12. The number of hydrogen-bond acceptors (Lipinski definition) is 2. The Morgan fingerprint density at radius 1 is 1.27 bits per heavy atom. The van der Waals surface area contributed by atoms with Crippen LogP contribution < -0.4 is 11.5 Å². The molecule has 0 aliphatic heterocycles. The van der Waals surface area contributed by atoms with Crippen LogP contribution in [0.4, 0.5) is 0 Å². The Labute approximate surface area is 90.5 Å². The molecule has 0 aliphatic rings. The highest BCUT2D eigenvalue weighted by Gasteiger charge is 2.19. The number of carbonyl (C=O) groups is 1. The van der Waals surface area contributed by atoms with Crippen LogP contribution in [-0.4, -0.2) is 12.5 Å². The largest absolute Gasteiger partial charge is 0.369 e. The van der Waals surface area contributed by atoms with Crippen LogP contribution in [0.5, 0.6) is 0 Å². The van der Waals surface area contributed by atoms with E-state index in [1.54, 1.807) is 0 Å². The van der Waals surface area contributed by atoms with Crippen molar-refractivity contribution in [3.63, 3.8) is 0 Å². The van der Waals surface area contributed by atoms with Gasteiger partial charge in [0, 0.05) is 6.54 Å². The van der Waals surface area contributed by atoms with Gasteiger partial charge in [-0.3, -0.25) is 4.79 Å². The van der Waals surface area contributed by atoms with Gasteiger partial charge in [-0.1, -0.05) is 17.7 Å². The van der Waals surface area contributed by atoms with Gasteiger partial charge in [-0.05, 0) is 37.5 Å². The second kappa shape index (κ2) is 4.45. The fourth-order valence-corrected chi connectivity index (χ4v) is 2.12. The molecule has 0 spiro atoms. The molecule has 0 saturated heterocycles. The zero-order valence-electron chi connectivity index (χ0n) is 9.50. The smallest absolute Gasteiger partial charge is 0.226 e. The standard InChI is InChI=1S/C12H18N2O/c1-7-4-8(2)11(9(3)5-7)10(6-13)12(14)15/h4-5,10H,6,13H2,1-3H3,(H2,14,15). The summed E-state index contributed by atoms with van der Waals surface area (Å²) in [4.78, 5) is 11.3. The third kappa shape index (κ3) is 2.36. The van der Waals surface area contributed by atoms with E-state index in [2.05, 4.69) is 0 Å². The summed E-state index contributed by atoms with van der Waals surface area (Å²) in [6, 6.07) is 4.10. The molecule has 0 bridgehead atoms. The molecule has 0 aliphatic carbocycles. The molecule has 1 unspecified atom stereocenters. The molecule has 1 rings (SSSR count). The van der Waals surface area contributed by atoms with Crippen LogP contribution in [0.1, 0.15) is 28.2 Å². The number of hydrogen-bond donors (Lipinski definition) is 2. The minimum atomic E-state index is -0.370. The molecule has 0 radical (unpaired) electrons. The van der Waals surface area contributed by atoms with Gasteiger partial charge in [0.15, 0.2) is 0 Å². The van der Waals surface area contributed by atoms with E-state index in [9.17, 15) is 4.79 Å². The highest BCUT2D eigenvalue weighted by atomic mass is 16.1. The highest BCUT2D eigenvalue weighted by molar-refractivity contribution is 5.83. The second-order valence-electron chi connectivity index (χ2n) is 4.00. The van der Waals surface area contributed by atoms with Crippen molar-refractivity contribution in [2.75, 3.05) is 6.54 Å². The van der Waals surface area contributed by atoms with Gasteiger partial charge in [0.1, 0.15) is 0 Å². The number of amides is 1. The van der Waals surface area contributed by atoms with E-state index < -0.39 is 0 Å². The van der Waals surface area contributed by atoms with Gasteiger partial charge in [0.2, 0.25) is 5.91 Å². The van der Waals surface area contributed by atoms with E-state index in [1.165, 1.54) is 5.56 Å². The summed E-state index contributed by atoms with van der Waals surface area (Å²) in [5.41, 5.74) is 15.3. The minimum Gasteiger partial charge on any atom is -0.369 e. The van der Waals surface area contributed by atoms with Crippen molar-refractivity contribution in [1.29, 1.82) is 0 Å². The van der Waals surface area contributed by atoms with Crippen molar-refractivity contribution < 1.29 is 4.79 Å². The van der Waals surface area contributed by atoms with Crippen LogP contribution in [0.25, 0.3) is 0 Å². The lowest BCUT2D eigenvalue weighted by Gasteiger charge is -2.17. The third-order valence-electron chi connectivity index (χ3n) is 2.67. The first-order valence-corrected chi connectivity index (χ1v) is 5.04. The molecular formula is C12H18N2O. The van der Waals surface area contributed by atoms with E-state index in [-0.39, 0.29) is 18.4 Å². The van der Waals surface area contributed by atoms with Gasteiger partial charge >= 0.3 is 0 Å². The molecule has 1 aromatic carbocycles. The Hall–Kier alpha value is -1.35. The molecule has 3 heteroatoms. The van der Waals surface area contributed by atoms with Crippen LogP contribution in [-0.2, 0) is 4.79 Å². The fraction of sp³-hybridized carbons (Fsp3) is 0.417. The lowest BCUT2D eigenvalue weighted by molar-refractivity contribution is -0.119. The lowest BCUT2D eigenvalue weighted by Crippen LogP contribution is -2.29. The van der Waals surface area contributed by atoms with Crippen molar-refractivity contribution in [3.05, 3.63) is 34.4 Å². The Bertz CT molecular complexity index is 362. The maximum Gasteiger partial charge on any atom is 0.226 e. The lowest BCUT2D eigenvalue weighted by atomic mass is 9.89. The Balaban J connectivity index is 3.29. The van der Waals surface area contributed by atoms with Crippen LogP contribution >= 0.6 is 0 Å². The maximum absolute atomic E-state index is 11.3. The highest BCUT2D eigenvalue weighted by Crippen LogP contribution is 2.24. The number of benzene rings is 1. The second-order valence-corrected chi connectivity index (χ2v) is 4.00. The predicted molar refractivity (Wildman–Crippen MR) is 61.6 cm³/mol. The average molecular weight is 206 g/mol. The molecule has 0 fully saturated rings. The van der Waals surface area contributed by atoms with Crippen LogP contribution in [0.15, 0.2) is 12.1 Å². The molecule has 0 saturated carbocycles. The van der Waals surface area contributed by atoms with E-state index >= 15 is 0 Å². The van der Waals surface area contributed by atoms with E-state index in [4.69, 9.17) is 11.5 Å². The summed E-state index contributed by atoms with van der Waals surface area (Å²) < 4.78 is 0. The van der Waals surface area contributed by atoms with Crippen molar-refractivity contribution >= 4 is 5.91 Å². The van der Waals surface area contributed by atoms with E-state index in [0.29, 0.717) is 0 Å². The van der Waals surface area contributed by atoms with E-state index in [0.717, 1.165) is 16.7 Å². The maximum atomic E-state index is 11.3. The SMILES string of the molecule is Cc1cc(C)c(C(CN)C(N)=O)c(C)c1. The summed E-state index contributed by atoms with van der Waals surface area (Å²) in [6.45, 7) is 6.27. The number of aryl methyl sites for hydroxylation is 3. The first-order valence-electron chi connectivity index (χ1n) is 5.04. The molecular weight excluding hydrogens is 188 g/mol. The summed E-state index contributed by atoms with van der Waals surface area (Å²) in [6.07, 6.45) is 0. The molecule has 0 heterocycles. The van der Waals surface area contributed by atoms with Crippen molar-refractivity contribution in [3.8, 4) is 0 Å². The predicted octanol–water partition coefficient (Wildman–Crippen LogP) is 1.14. The van der Waals surface area contributed by atoms with Crippen molar-refractivity contribution in [2.45, 2.75) is 26.7 Å². The van der Waals surface area contributed by atoms with Gasteiger partial charge in [-0.15, -0.1) is 0 Å². The molecule has 15 heavy (non-hydrogen) atoms. The summed E-state index contributed by atoms with van der Waals surface area (Å²) in [5, 5.41) is 0. The van der Waals surface area contributed by atoms with Crippen LogP contribution in [0.2, 0.25) is 0 Å². The average Bonchev–Trinajstić information content (AvgIpc) is 2.09. The number of carbonyl (C=O) groups excluding carboxylic acids is 1. The molecule has 1 amide bonds. The van der Waals surface area contributed by atoms with Gasteiger partial charge in [0.05, 0.1) is 5.92 Å². The number of primary amides is 1. The van der Waals surface area contributed by atoms with Crippen LogP contribution in [0, 0.1) is 20.8 Å². The van der Waals surface area contributed by atoms with Crippen molar-refractivity contribution in [1.82, 2.24) is 0 Å². The molecule has 4 N–H and O–H groups in total. The summed E-state index contributed by atoms with van der Waals surface area (Å²) in [7, 11) is 0. The zero-order chi connectivity index (χ0) is 11.6. The van der Waals surface area contributed by atoms with Gasteiger partial charge in [-0.25, -0.2) is 0 Å². The summed E-state index contributed by atoms with van der Waals surface area (Å²) >= 11 is 0. The molecule has 1 aromatic rings. The van der Waals surface area contributed by atoms with E-state index in [1.807, 2.05) is 32.9 Å².